The Balaban J connectivity index is 0.00000264. The van der Waals surface area contributed by atoms with Gasteiger partial charge in [0.1, 0.15) is 0 Å². The monoisotopic (exact) mass is 372 g/mol. The lowest BCUT2D eigenvalue weighted by molar-refractivity contribution is -0.137. The van der Waals surface area contributed by atoms with Crippen molar-refractivity contribution in [2.45, 2.75) is 43.9 Å². The van der Waals surface area contributed by atoms with E-state index in [4.69, 9.17) is 0 Å². The molecular weight excluding hydrogens is 353 g/mol. The number of nitrogens with one attached hydrogen (secondary N) is 1. The molecule has 0 radical (unpaired) electrons. The summed E-state index contributed by atoms with van der Waals surface area (Å²) in [7, 11) is -3.81. The molecule has 2 rings (SSSR count). The lowest BCUT2D eigenvalue weighted by Crippen LogP contribution is -2.56. The van der Waals surface area contributed by atoms with Crippen molar-refractivity contribution in [1.29, 1.82) is 0 Å². The summed E-state index contributed by atoms with van der Waals surface area (Å²) in [5, 5.41) is 3.17. The van der Waals surface area contributed by atoms with E-state index in [9.17, 15) is 21.6 Å². The summed E-state index contributed by atoms with van der Waals surface area (Å²) < 4.78 is 64.9. The zero-order valence-corrected chi connectivity index (χ0v) is 14.6. The molecule has 1 saturated heterocycles. The third-order valence-corrected chi connectivity index (χ3v) is 5.94. The largest absolute Gasteiger partial charge is 0.416 e. The maximum Gasteiger partial charge on any atom is 0.416 e. The number of benzene rings is 1. The fourth-order valence-electron chi connectivity index (χ4n) is 2.56. The van der Waals surface area contributed by atoms with Gasteiger partial charge in [-0.25, -0.2) is 8.42 Å². The molecule has 0 aliphatic carbocycles. The van der Waals surface area contributed by atoms with Gasteiger partial charge in [0.2, 0.25) is 10.0 Å². The minimum Gasteiger partial charge on any atom is -0.311 e. The van der Waals surface area contributed by atoms with Gasteiger partial charge < -0.3 is 5.32 Å². The highest BCUT2D eigenvalue weighted by Gasteiger charge is 2.36. The number of rotatable bonds is 2. The molecule has 0 bridgehead atoms. The lowest BCUT2D eigenvalue weighted by atomic mass is 10.1. The van der Waals surface area contributed by atoms with E-state index in [-0.39, 0.29) is 34.9 Å². The standard InChI is InChI=1S/C14H19F3N2O2S.ClH/c1-9-6-12(14(15,16)17)4-5-13(9)22(20,21)19-8-10(2)18-7-11(19)3;/h4-6,10-11,18H,7-8H2,1-3H3;1H. The van der Waals surface area contributed by atoms with Gasteiger partial charge in [-0.2, -0.15) is 17.5 Å². The van der Waals surface area contributed by atoms with Crippen LogP contribution in [0.1, 0.15) is 25.0 Å². The zero-order valence-electron chi connectivity index (χ0n) is 13.0. The second-order valence-corrected chi connectivity index (χ2v) is 7.57. The highest BCUT2D eigenvalue weighted by Crippen LogP contribution is 2.32. The molecule has 1 N–H and O–H groups in total. The van der Waals surface area contributed by atoms with Crippen LogP contribution in [-0.2, 0) is 16.2 Å². The highest BCUT2D eigenvalue weighted by atomic mass is 35.5. The van der Waals surface area contributed by atoms with E-state index in [1.165, 1.54) is 11.2 Å². The summed E-state index contributed by atoms with van der Waals surface area (Å²) in [6.45, 7) is 5.84. The van der Waals surface area contributed by atoms with Gasteiger partial charge in [-0.1, -0.05) is 0 Å². The fourth-order valence-corrected chi connectivity index (χ4v) is 4.49. The molecule has 0 saturated carbocycles. The van der Waals surface area contributed by atoms with Gasteiger partial charge in [-0.3, -0.25) is 0 Å². The van der Waals surface area contributed by atoms with Crippen LogP contribution in [0.3, 0.4) is 0 Å². The minimum atomic E-state index is -4.48. The van der Waals surface area contributed by atoms with Gasteiger partial charge in [0.15, 0.2) is 0 Å². The molecule has 9 heteroatoms. The summed E-state index contributed by atoms with van der Waals surface area (Å²) in [5.74, 6) is 0. The minimum absolute atomic E-state index is 0. The SMILES string of the molecule is Cc1cc(C(F)(F)F)ccc1S(=O)(=O)N1CC(C)NCC1C.Cl. The predicted octanol–water partition coefficient (Wildman–Crippen LogP) is 2.81. The van der Waals surface area contributed by atoms with Gasteiger partial charge in [0.25, 0.3) is 0 Å². The Morgan fingerprint density at radius 2 is 1.87 bits per heavy atom. The van der Waals surface area contributed by atoms with Crippen LogP contribution in [0.25, 0.3) is 0 Å². The van der Waals surface area contributed by atoms with Crippen LogP contribution in [0.15, 0.2) is 23.1 Å². The lowest BCUT2D eigenvalue weighted by Gasteiger charge is -2.36. The summed E-state index contributed by atoms with van der Waals surface area (Å²) in [5.41, 5.74) is -0.737. The van der Waals surface area contributed by atoms with Crippen molar-refractivity contribution in [2.75, 3.05) is 13.1 Å². The van der Waals surface area contributed by atoms with E-state index in [1.807, 2.05) is 6.92 Å². The average molecular weight is 373 g/mol. The van der Waals surface area contributed by atoms with Crippen LogP contribution in [0.4, 0.5) is 13.2 Å². The van der Waals surface area contributed by atoms with E-state index >= 15 is 0 Å². The maximum absolute atomic E-state index is 12.7. The molecule has 1 aromatic rings. The Labute approximate surface area is 140 Å². The Morgan fingerprint density at radius 3 is 2.39 bits per heavy atom. The highest BCUT2D eigenvalue weighted by molar-refractivity contribution is 7.89. The molecular formula is C14H20ClF3N2O2S. The number of alkyl halides is 3. The molecule has 1 aliphatic rings. The molecule has 0 spiro atoms. The molecule has 0 amide bonds. The Morgan fingerprint density at radius 1 is 1.26 bits per heavy atom. The Hall–Kier alpha value is -0.830. The first-order chi connectivity index (χ1) is 10.0. The first kappa shape index (κ1) is 20.2. The van der Waals surface area contributed by atoms with Crippen LogP contribution in [-0.4, -0.2) is 37.9 Å². The van der Waals surface area contributed by atoms with E-state index in [0.29, 0.717) is 13.1 Å². The van der Waals surface area contributed by atoms with Crippen LogP contribution in [0.5, 0.6) is 0 Å². The topological polar surface area (TPSA) is 49.4 Å². The van der Waals surface area contributed by atoms with E-state index in [0.717, 1.165) is 18.2 Å². The third-order valence-electron chi connectivity index (χ3n) is 3.80. The quantitative estimate of drug-likeness (QED) is 0.868. The summed E-state index contributed by atoms with van der Waals surface area (Å²) >= 11 is 0. The van der Waals surface area contributed by atoms with Crippen LogP contribution in [0.2, 0.25) is 0 Å². The fraction of sp³-hybridized carbons (Fsp3) is 0.571. The van der Waals surface area contributed by atoms with Crippen molar-refractivity contribution in [2.24, 2.45) is 0 Å². The molecule has 1 aliphatic heterocycles. The zero-order chi connectivity index (χ0) is 16.7. The van der Waals surface area contributed by atoms with Crippen molar-refractivity contribution >= 4 is 22.4 Å². The van der Waals surface area contributed by atoms with Crippen molar-refractivity contribution in [3.8, 4) is 0 Å². The van der Waals surface area contributed by atoms with Crippen molar-refractivity contribution in [3.05, 3.63) is 29.3 Å². The number of aryl methyl sites for hydroxylation is 1. The molecule has 1 fully saturated rings. The van der Waals surface area contributed by atoms with E-state index in [2.05, 4.69) is 5.32 Å². The number of nitrogens with zero attached hydrogens (tertiary/aromatic N) is 1. The first-order valence-electron chi connectivity index (χ1n) is 6.96. The number of hydrogen-bond acceptors (Lipinski definition) is 3. The molecule has 4 nitrogen and oxygen atoms in total. The van der Waals surface area contributed by atoms with Crippen molar-refractivity contribution in [3.63, 3.8) is 0 Å². The number of hydrogen-bond donors (Lipinski definition) is 1. The van der Waals surface area contributed by atoms with Crippen LogP contribution in [0, 0.1) is 6.92 Å². The Kier molecular flexibility index (Phi) is 6.12. The van der Waals surface area contributed by atoms with Gasteiger partial charge in [0, 0.05) is 25.2 Å². The van der Waals surface area contributed by atoms with Crippen molar-refractivity contribution in [1.82, 2.24) is 9.62 Å². The predicted molar refractivity (Wildman–Crippen MR) is 84.2 cm³/mol. The number of piperazine rings is 1. The molecule has 132 valence electrons. The van der Waals surface area contributed by atoms with E-state index < -0.39 is 21.8 Å². The Bertz CT molecular complexity index is 664. The summed E-state index contributed by atoms with van der Waals surface area (Å²) in [6, 6.07) is 2.50. The number of sulfonamides is 1. The number of halogens is 4. The van der Waals surface area contributed by atoms with E-state index in [1.54, 1.807) is 6.92 Å². The molecule has 23 heavy (non-hydrogen) atoms. The van der Waals surface area contributed by atoms with Gasteiger partial charge in [0.05, 0.1) is 10.5 Å². The first-order valence-corrected chi connectivity index (χ1v) is 8.40. The van der Waals surface area contributed by atoms with Gasteiger partial charge in [-0.15, -0.1) is 12.4 Å². The van der Waals surface area contributed by atoms with Crippen molar-refractivity contribution < 1.29 is 21.6 Å². The second kappa shape index (κ2) is 6.96. The smallest absolute Gasteiger partial charge is 0.311 e. The van der Waals surface area contributed by atoms with Crippen LogP contribution < -0.4 is 5.32 Å². The molecule has 1 aromatic carbocycles. The van der Waals surface area contributed by atoms with Crippen LogP contribution >= 0.6 is 12.4 Å². The molecule has 2 atom stereocenters. The van der Waals surface area contributed by atoms with Gasteiger partial charge >= 0.3 is 6.18 Å². The maximum atomic E-state index is 12.7. The summed E-state index contributed by atoms with van der Waals surface area (Å²) in [6.07, 6.45) is -4.48. The van der Waals surface area contributed by atoms with Gasteiger partial charge in [-0.05, 0) is 44.5 Å². The third kappa shape index (κ3) is 4.17. The summed E-state index contributed by atoms with van der Waals surface area (Å²) in [4.78, 5) is -0.0681. The molecule has 0 aromatic heterocycles. The molecule has 2 unspecified atom stereocenters. The normalized spacial score (nSPS) is 23.4. The second-order valence-electron chi connectivity index (χ2n) is 5.71. The molecule has 1 heterocycles. The average Bonchev–Trinajstić information content (AvgIpc) is 2.40.